The number of nitrogens with zero attached hydrogens (tertiary/aromatic N) is 2. The van der Waals surface area contributed by atoms with Gasteiger partial charge >= 0.3 is 0 Å². The molecule has 4 aromatic rings. The molecule has 0 aromatic heterocycles. The molecule has 35 heavy (non-hydrogen) atoms. The first-order chi connectivity index (χ1) is 17.0. The number of hydrogen-bond acceptors (Lipinski definition) is 2. The van der Waals surface area contributed by atoms with Crippen molar-refractivity contribution in [2.75, 3.05) is 0 Å². The molecule has 0 N–H and O–H groups in total. The molecule has 0 heterocycles. The average molecular weight is 451 g/mol. The average Bonchev–Trinajstić information content (AvgIpc) is 2.92. The number of nitriles is 2. The third-order valence-corrected chi connectivity index (χ3v) is 6.28. The van der Waals surface area contributed by atoms with Gasteiger partial charge in [0.1, 0.15) is 0 Å². The van der Waals surface area contributed by atoms with Gasteiger partial charge in [-0.25, -0.2) is 0 Å². The van der Waals surface area contributed by atoms with E-state index in [-0.39, 0.29) is 5.41 Å². The van der Waals surface area contributed by atoms with Gasteiger partial charge in [-0.05, 0) is 57.6 Å². The van der Waals surface area contributed by atoms with E-state index in [0.717, 1.165) is 22.3 Å². The molecule has 2 heteroatoms. The van der Waals surface area contributed by atoms with Gasteiger partial charge in [-0.15, -0.1) is 0 Å². The molecule has 0 saturated heterocycles. The summed E-state index contributed by atoms with van der Waals surface area (Å²) in [6.07, 6.45) is 8.30. The second-order valence-electron chi connectivity index (χ2n) is 9.00. The maximum Gasteiger partial charge on any atom is 0.0991 e. The van der Waals surface area contributed by atoms with Crippen molar-refractivity contribution in [1.82, 2.24) is 0 Å². The van der Waals surface area contributed by atoms with E-state index in [4.69, 9.17) is 10.5 Å². The van der Waals surface area contributed by atoms with Crippen molar-refractivity contribution in [1.29, 1.82) is 10.5 Å². The Morgan fingerprint density at radius 1 is 0.457 bits per heavy atom. The smallest absolute Gasteiger partial charge is 0.0991 e. The SMILES string of the molecule is CC(C)(c1ccc(/C=C/c2ccc(C#N)cc2)cc1)c1ccc(/C=C/c2ccc(C#N)cc2)cc1. The van der Waals surface area contributed by atoms with E-state index in [1.807, 2.05) is 48.5 Å². The second kappa shape index (κ2) is 10.5. The molecule has 0 saturated carbocycles. The summed E-state index contributed by atoms with van der Waals surface area (Å²) in [7, 11) is 0. The lowest BCUT2D eigenvalue weighted by Crippen LogP contribution is -2.18. The minimum absolute atomic E-state index is 0.120. The van der Waals surface area contributed by atoms with Crippen molar-refractivity contribution >= 4 is 24.3 Å². The van der Waals surface area contributed by atoms with Crippen LogP contribution in [-0.4, -0.2) is 0 Å². The van der Waals surface area contributed by atoms with Crippen LogP contribution in [0.5, 0.6) is 0 Å². The normalized spacial score (nSPS) is 11.4. The Labute approximate surface area is 207 Å². The van der Waals surface area contributed by atoms with Crippen molar-refractivity contribution in [3.63, 3.8) is 0 Å². The first-order valence-electron chi connectivity index (χ1n) is 11.6. The fraction of sp³-hybridized carbons (Fsp3) is 0.0909. The summed E-state index contributed by atoms with van der Waals surface area (Å²) >= 11 is 0. The summed E-state index contributed by atoms with van der Waals surface area (Å²) in [6.45, 7) is 4.49. The summed E-state index contributed by atoms with van der Waals surface area (Å²) in [5.74, 6) is 0. The van der Waals surface area contributed by atoms with E-state index in [1.54, 1.807) is 0 Å². The number of hydrogen-bond donors (Lipinski definition) is 0. The third-order valence-electron chi connectivity index (χ3n) is 6.28. The molecule has 4 aromatic carbocycles. The quantitative estimate of drug-likeness (QED) is 0.279. The topological polar surface area (TPSA) is 47.6 Å². The lowest BCUT2D eigenvalue weighted by molar-refractivity contribution is 0.641. The van der Waals surface area contributed by atoms with E-state index < -0.39 is 0 Å². The lowest BCUT2D eigenvalue weighted by atomic mass is 9.78. The van der Waals surface area contributed by atoms with Crippen molar-refractivity contribution in [2.45, 2.75) is 19.3 Å². The van der Waals surface area contributed by atoms with Gasteiger partial charge in [0.2, 0.25) is 0 Å². The van der Waals surface area contributed by atoms with Gasteiger partial charge in [0.25, 0.3) is 0 Å². The van der Waals surface area contributed by atoms with Crippen LogP contribution in [0.15, 0.2) is 97.1 Å². The van der Waals surface area contributed by atoms with Crippen molar-refractivity contribution in [3.05, 3.63) is 142 Å². The first kappa shape index (κ1) is 23.5. The molecule has 0 bridgehead atoms. The van der Waals surface area contributed by atoms with Gasteiger partial charge in [0.05, 0.1) is 23.3 Å². The van der Waals surface area contributed by atoms with E-state index in [1.165, 1.54) is 11.1 Å². The Morgan fingerprint density at radius 3 is 0.971 bits per heavy atom. The van der Waals surface area contributed by atoms with E-state index in [9.17, 15) is 0 Å². The lowest BCUT2D eigenvalue weighted by Gasteiger charge is -2.26. The van der Waals surface area contributed by atoms with Crippen molar-refractivity contribution in [2.24, 2.45) is 0 Å². The van der Waals surface area contributed by atoms with E-state index in [2.05, 4.69) is 98.8 Å². The maximum absolute atomic E-state index is 8.93. The zero-order valence-electron chi connectivity index (χ0n) is 19.9. The van der Waals surface area contributed by atoms with Gasteiger partial charge in [-0.2, -0.15) is 10.5 Å². The van der Waals surface area contributed by atoms with Crippen LogP contribution in [0.3, 0.4) is 0 Å². The van der Waals surface area contributed by atoms with Crippen LogP contribution >= 0.6 is 0 Å². The van der Waals surface area contributed by atoms with Gasteiger partial charge in [0, 0.05) is 5.41 Å². The second-order valence-corrected chi connectivity index (χ2v) is 9.00. The third kappa shape index (κ3) is 5.83. The molecule has 0 unspecified atom stereocenters. The zero-order valence-corrected chi connectivity index (χ0v) is 19.9. The minimum atomic E-state index is -0.120. The summed E-state index contributed by atoms with van der Waals surface area (Å²) < 4.78 is 0. The fourth-order valence-corrected chi connectivity index (χ4v) is 3.91. The molecule has 168 valence electrons. The minimum Gasteiger partial charge on any atom is -0.192 e. The molecule has 0 aliphatic carbocycles. The molecule has 0 aliphatic heterocycles. The predicted molar refractivity (Wildman–Crippen MR) is 145 cm³/mol. The highest BCUT2D eigenvalue weighted by molar-refractivity contribution is 5.71. The van der Waals surface area contributed by atoms with Gasteiger partial charge in [-0.1, -0.05) is 111 Å². The van der Waals surface area contributed by atoms with Crippen LogP contribution in [0, 0.1) is 22.7 Å². The highest BCUT2D eigenvalue weighted by Gasteiger charge is 2.22. The van der Waals surface area contributed by atoms with Crippen LogP contribution in [-0.2, 0) is 5.41 Å². The Bertz CT molecular complexity index is 1310. The van der Waals surface area contributed by atoms with E-state index in [0.29, 0.717) is 11.1 Å². The molecule has 2 nitrogen and oxygen atoms in total. The molecule has 0 amide bonds. The molecule has 0 radical (unpaired) electrons. The number of benzene rings is 4. The molecule has 0 aliphatic rings. The molecular formula is C33H26N2. The molecular weight excluding hydrogens is 424 g/mol. The summed E-state index contributed by atoms with van der Waals surface area (Å²) in [5.41, 5.74) is 8.15. The highest BCUT2D eigenvalue weighted by atomic mass is 14.3. The van der Waals surface area contributed by atoms with Crippen LogP contribution in [0.2, 0.25) is 0 Å². The largest absolute Gasteiger partial charge is 0.192 e. The van der Waals surface area contributed by atoms with E-state index >= 15 is 0 Å². The Morgan fingerprint density at radius 2 is 0.714 bits per heavy atom. The monoisotopic (exact) mass is 450 g/mol. The summed E-state index contributed by atoms with van der Waals surface area (Å²) in [4.78, 5) is 0. The standard InChI is InChI=1S/C33H26N2/c1-33(2,31-19-15-27(16-20-31)5-3-25-7-11-29(23-34)12-8-25)32-21-17-28(18-22-32)6-4-26-9-13-30(24-35)14-10-26/h3-22H,1-2H3/b5-3+,6-4+. The Balaban J connectivity index is 1.44. The van der Waals surface area contributed by atoms with Gasteiger partial charge < -0.3 is 0 Å². The van der Waals surface area contributed by atoms with Crippen molar-refractivity contribution in [3.8, 4) is 12.1 Å². The van der Waals surface area contributed by atoms with Crippen LogP contribution in [0.4, 0.5) is 0 Å². The molecule has 0 spiro atoms. The maximum atomic E-state index is 8.93. The summed E-state index contributed by atoms with van der Waals surface area (Å²) in [5, 5.41) is 17.9. The zero-order chi connectivity index (χ0) is 24.7. The number of rotatable bonds is 6. The fourth-order valence-electron chi connectivity index (χ4n) is 3.91. The van der Waals surface area contributed by atoms with Crippen LogP contribution in [0.25, 0.3) is 24.3 Å². The van der Waals surface area contributed by atoms with Crippen LogP contribution < -0.4 is 0 Å². The predicted octanol–water partition coefficient (Wildman–Crippen LogP) is 8.10. The highest BCUT2D eigenvalue weighted by Crippen LogP contribution is 2.32. The van der Waals surface area contributed by atoms with Gasteiger partial charge in [0.15, 0.2) is 0 Å². The van der Waals surface area contributed by atoms with Gasteiger partial charge in [-0.3, -0.25) is 0 Å². The summed E-state index contributed by atoms with van der Waals surface area (Å²) in [6, 6.07) is 36.8. The van der Waals surface area contributed by atoms with Crippen LogP contribution in [0.1, 0.15) is 58.4 Å². The van der Waals surface area contributed by atoms with Crippen molar-refractivity contribution < 1.29 is 0 Å². The molecule has 4 rings (SSSR count). The Hall–Kier alpha value is -4.66. The Kier molecular flexibility index (Phi) is 7.06. The first-order valence-corrected chi connectivity index (χ1v) is 11.6. The molecule has 0 fully saturated rings. The molecule has 0 atom stereocenters.